The molecule has 9 unspecified atom stereocenters. The number of unbranched alkanes of at least 4 members (excludes halogenated alkanes) is 24. The van der Waals surface area contributed by atoms with E-state index in [0.717, 1.165) is 153 Å². The fourth-order valence-electron chi connectivity index (χ4n) is 10.2. The van der Waals surface area contributed by atoms with Gasteiger partial charge < -0.3 is 53.6 Å². The molecule has 0 radical (unpaired) electrons. The minimum absolute atomic E-state index is 0.0868. The molecule has 0 saturated carbocycles. The van der Waals surface area contributed by atoms with Crippen molar-refractivity contribution in [2.45, 2.75) is 333 Å². The molecular weight excluding hydrogens is 1120 g/mol. The van der Waals surface area contributed by atoms with Crippen LogP contribution < -0.4 is 0 Å². The van der Waals surface area contributed by atoms with Crippen molar-refractivity contribution in [3.63, 3.8) is 0 Å². The Balaban J connectivity index is 5.28. The third kappa shape index (κ3) is 46.8. The number of carbonyl (C=O) groups is 7. The van der Waals surface area contributed by atoms with Crippen LogP contribution in [0.1, 0.15) is 278 Å². The first-order valence-electron chi connectivity index (χ1n) is 33.5. The third-order valence-electron chi connectivity index (χ3n) is 15.5. The number of ether oxygens (including phenoxy) is 7. The van der Waals surface area contributed by atoms with Gasteiger partial charge >= 0.3 is 41.8 Å². The van der Waals surface area contributed by atoms with E-state index in [1.54, 1.807) is 0 Å². The summed E-state index contributed by atoms with van der Waals surface area (Å²) in [6.45, 7) is 19.5. The van der Waals surface area contributed by atoms with Crippen LogP contribution in [0, 0.1) is 0 Å². The summed E-state index contributed by atoms with van der Waals surface area (Å²) in [5.74, 6) is -4.01. The van der Waals surface area contributed by atoms with E-state index in [0.29, 0.717) is 70.6 Å². The van der Waals surface area contributed by atoms with Crippen molar-refractivity contribution in [3.8, 4) is 0 Å². The highest BCUT2D eigenvalue weighted by Gasteiger charge is 2.31. The predicted molar refractivity (Wildman–Crippen MR) is 338 cm³/mol. The van der Waals surface area contributed by atoms with Crippen molar-refractivity contribution in [3.05, 3.63) is 50.6 Å². The van der Waals surface area contributed by atoms with E-state index in [-0.39, 0.29) is 45.3 Å². The number of hydrogen-bond donors (Lipinski definition) is 4. The van der Waals surface area contributed by atoms with Crippen molar-refractivity contribution < 1.29 is 87.1 Å². The highest BCUT2D eigenvalue weighted by molar-refractivity contribution is 5.82. The van der Waals surface area contributed by atoms with E-state index in [1.165, 1.54) is 25.7 Å². The molecule has 0 saturated heterocycles. The summed E-state index contributed by atoms with van der Waals surface area (Å²) >= 11 is 0. The van der Waals surface area contributed by atoms with Crippen molar-refractivity contribution in [1.82, 2.24) is 0 Å². The van der Waals surface area contributed by atoms with Gasteiger partial charge in [-0.25, -0.2) is 19.2 Å². The third-order valence-corrected chi connectivity index (χ3v) is 15.5. The smallest absolute Gasteiger partial charge is 0.330 e. The predicted octanol–water partition coefficient (Wildman–Crippen LogP) is 13.5. The summed E-state index contributed by atoms with van der Waals surface area (Å²) in [7, 11) is 0. The number of rotatable bonds is 61. The second-order valence-corrected chi connectivity index (χ2v) is 23.2. The van der Waals surface area contributed by atoms with E-state index in [1.807, 2.05) is 6.92 Å². The zero-order chi connectivity index (χ0) is 64.7. The van der Waals surface area contributed by atoms with Gasteiger partial charge in [-0.05, 0) is 77.0 Å². The molecular formula is C69H118O18. The number of aliphatic hydroxyl groups excluding tert-OH is 4. The maximum absolute atomic E-state index is 13.1. The Kier molecular flexibility index (Phi) is 53.2. The second kappa shape index (κ2) is 56.3. The van der Waals surface area contributed by atoms with Gasteiger partial charge in [0.25, 0.3) is 0 Å². The van der Waals surface area contributed by atoms with Gasteiger partial charge in [0.05, 0.1) is 24.4 Å². The van der Waals surface area contributed by atoms with Crippen LogP contribution >= 0.6 is 0 Å². The number of aliphatic hydroxyl groups is 4. The molecule has 502 valence electrons. The monoisotopic (exact) mass is 1230 g/mol. The first-order valence-corrected chi connectivity index (χ1v) is 33.5. The van der Waals surface area contributed by atoms with Crippen LogP contribution in [0.4, 0.5) is 0 Å². The lowest BCUT2D eigenvalue weighted by Crippen LogP contribution is -2.39. The average Bonchev–Trinajstić information content (AvgIpc) is 3.65. The van der Waals surface area contributed by atoms with Gasteiger partial charge in [0.1, 0.15) is 37.6 Å². The van der Waals surface area contributed by atoms with Crippen LogP contribution in [0.3, 0.4) is 0 Å². The van der Waals surface area contributed by atoms with Gasteiger partial charge in [-0.2, -0.15) is 0 Å². The molecule has 0 spiro atoms. The molecule has 0 rings (SSSR count). The van der Waals surface area contributed by atoms with Crippen molar-refractivity contribution in [2.24, 2.45) is 0 Å². The molecule has 4 N–H and O–H groups in total. The van der Waals surface area contributed by atoms with Crippen LogP contribution in [0.25, 0.3) is 0 Å². The van der Waals surface area contributed by atoms with Crippen molar-refractivity contribution in [2.75, 3.05) is 13.2 Å². The number of carbonyl (C=O) groups excluding carboxylic acids is 7. The number of hydrogen-bond acceptors (Lipinski definition) is 18. The molecule has 0 aliphatic heterocycles. The summed E-state index contributed by atoms with van der Waals surface area (Å²) in [6, 6.07) is 0. The highest BCUT2D eigenvalue weighted by atomic mass is 16.6. The van der Waals surface area contributed by atoms with E-state index >= 15 is 0 Å². The Morgan fingerprint density at radius 3 is 0.920 bits per heavy atom. The Labute approximate surface area is 523 Å². The molecule has 0 amide bonds. The van der Waals surface area contributed by atoms with Gasteiger partial charge in [0.2, 0.25) is 0 Å². The zero-order valence-corrected chi connectivity index (χ0v) is 54.0. The van der Waals surface area contributed by atoms with E-state index in [4.69, 9.17) is 33.2 Å². The summed E-state index contributed by atoms with van der Waals surface area (Å²) in [5.41, 5.74) is 0. The second-order valence-electron chi connectivity index (χ2n) is 23.2. The quantitative estimate of drug-likeness (QED) is 0.0191. The molecule has 18 nitrogen and oxygen atoms in total. The van der Waals surface area contributed by atoms with Gasteiger partial charge in [0.15, 0.2) is 6.10 Å². The molecule has 0 aromatic heterocycles. The Hall–Kier alpha value is -4.91. The lowest BCUT2D eigenvalue weighted by atomic mass is 9.96. The standard InChI is InChI=1S/C69H118O18/c1-8-15-18-20-26-34-42-55(70)60(85-64(75)12-5)47-38-30-25-33-40-49-68(79)82-53-54(52-81-67(78)48-39-32-24-28-35-43-56(71)59(84-63(74)11-4)46-37-29-21-19-16-9-2)83-69(80)50-41-31-23-22-27-36-44-57(72)62(87-66(77)14-7)51-58(73)61(45-17-10-3)86-65(76)13-6/h11-14,54-62,70-73H,4-10,15-53H2,1-3H3. The molecule has 0 bridgehead atoms. The summed E-state index contributed by atoms with van der Waals surface area (Å²) in [4.78, 5) is 87.0. The Bertz CT molecular complexity index is 1850. The van der Waals surface area contributed by atoms with Crippen LogP contribution in [0.2, 0.25) is 0 Å². The number of esters is 7. The molecule has 0 aliphatic rings. The van der Waals surface area contributed by atoms with Gasteiger partial charge in [-0.3, -0.25) is 14.4 Å². The molecule has 18 heteroatoms. The summed E-state index contributed by atoms with van der Waals surface area (Å²) < 4.78 is 38.5. The van der Waals surface area contributed by atoms with Gasteiger partial charge in [-0.15, -0.1) is 0 Å². The molecule has 0 fully saturated rings. The molecule has 9 atom stereocenters. The molecule has 0 aliphatic carbocycles. The Morgan fingerprint density at radius 1 is 0.310 bits per heavy atom. The fourth-order valence-corrected chi connectivity index (χ4v) is 10.2. The molecule has 0 aromatic rings. The van der Waals surface area contributed by atoms with Gasteiger partial charge in [0, 0.05) is 50.0 Å². The lowest BCUT2D eigenvalue weighted by Gasteiger charge is -2.28. The van der Waals surface area contributed by atoms with Crippen LogP contribution in [-0.2, 0) is 66.7 Å². The van der Waals surface area contributed by atoms with E-state index < -0.39 is 96.7 Å². The fraction of sp³-hybridized carbons (Fsp3) is 0.783. The molecule has 0 heterocycles. The minimum atomic E-state index is -1.20. The van der Waals surface area contributed by atoms with Crippen LogP contribution in [0.15, 0.2) is 50.6 Å². The Morgan fingerprint density at radius 2 is 0.575 bits per heavy atom. The zero-order valence-electron chi connectivity index (χ0n) is 54.0. The normalized spacial score (nSPS) is 14.3. The topological polar surface area (TPSA) is 265 Å². The maximum Gasteiger partial charge on any atom is 0.330 e. The largest absolute Gasteiger partial charge is 0.462 e. The highest BCUT2D eigenvalue weighted by Crippen LogP contribution is 2.23. The van der Waals surface area contributed by atoms with Crippen molar-refractivity contribution >= 4 is 41.8 Å². The van der Waals surface area contributed by atoms with Crippen LogP contribution in [0.5, 0.6) is 0 Å². The summed E-state index contributed by atoms with van der Waals surface area (Å²) in [6.07, 6.45) is 25.4. The SMILES string of the molecule is C=CC(=O)OC(CCCCCCCC)C(O)CCCCCCCC(=O)OCC(COC(=O)CCCCCCCC(OC(=O)C=C)C(O)CCCCCCCC)OC(=O)CCCCCCCCC(O)C(CC(O)C(CCCC)OC(=O)C=C)OC(=O)C=C. The first kappa shape index (κ1) is 82.1. The van der Waals surface area contributed by atoms with Gasteiger partial charge in [-0.1, -0.05) is 201 Å². The molecule has 87 heavy (non-hydrogen) atoms. The van der Waals surface area contributed by atoms with Crippen LogP contribution in [-0.4, -0.2) is 130 Å². The lowest BCUT2D eigenvalue weighted by molar-refractivity contribution is -0.167. The minimum Gasteiger partial charge on any atom is -0.462 e. The van der Waals surface area contributed by atoms with Crippen molar-refractivity contribution in [1.29, 1.82) is 0 Å². The maximum atomic E-state index is 13.1. The average molecular weight is 1240 g/mol. The summed E-state index contributed by atoms with van der Waals surface area (Å²) in [5, 5.41) is 43.7. The first-order chi connectivity index (χ1) is 42.0. The van der Waals surface area contributed by atoms with E-state index in [9.17, 15) is 54.0 Å². The van der Waals surface area contributed by atoms with E-state index in [2.05, 4.69) is 40.2 Å². The molecule has 0 aromatic carbocycles.